The Balaban J connectivity index is 2.43. The molecule has 0 heterocycles. The van der Waals surface area contributed by atoms with Gasteiger partial charge < -0.3 is 14.8 Å². The zero-order chi connectivity index (χ0) is 24.2. The average Bonchev–Trinajstić information content (AvgIpc) is 2.73. The Hall–Kier alpha value is -3.40. The normalized spacial score (nSPS) is 11.9. The molecule has 0 spiro atoms. The molecule has 1 atom stereocenters. The maximum absolute atomic E-state index is 13.0. The van der Waals surface area contributed by atoms with Gasteiger partial charge in [-0.2, -0.15) is 0 Å². The summed E-state index contributed by atoms with van der Waals surface area (Å²) in [7, 11) is -1.45. The third kappa shape index (κ3) is 5.64. The van der Waals surface area contributed by atoms with Crippen molar-refractivity contribution < 1.29 is 32.3 Å². The minimum absolute atomic E-state index is 0.0208. The number of rotatable bonds is 7. The molecule has 0 aliphatic rings. The van der Waals surface area contributed by atoms with Crippen molar-refractivity contribution in [2.75, 3.05) is 30.1 Å². The van der Waals surface area contributed by atoms with Crippen molar-refractivity contribution in [2.45, 2.75) is 26.8 Å². The molecule has 0 bridgehead atoms. The third-order valence-electron chi connectivity index (χ3n) is 4.88. The zero-order valence-corrected chi connectivity index (χ0v) is 19.6. The molecule has 0 saturated heterocycles. The second kappa shape index (κ2) is 9.82. The Morgan fingerprint density at radius 3 is 1.88 bits per heavy atom. The summed E-state index contributed by atoms with van der Waals surface area (Å²) in [6.45, 7) is 5.18. The highest BCUT2D eigenvalue weighted by molar-refractivity contribution is 7.92. The molecule has 0 unspecified atom stereocenters. The van der Waals surface area contributed by atoms with Crippen LogP contribution in [0.4, 0.5) is 11.4 Å². The van der Waals surface area contributed by atoms with E-state index in [-0.39, 0.29) is 16.8 Å². The van der Waals surface area contributed by atoms with Gasteiger partial charge in [0.2, 0.25) is 15.9 Å². The number of sulfonamides is 1. The highest BCUT2D eigenvalue weighted by Crippen LogP contribution is 2.25. The lowest BCUT2D eigenvalue weighted by molar-refractivity contribution is -0.116. The molecular formula is C22H26N2O7S. The molecule has 0 aliphatic heterocycles. The highest BCUT2D eigenvalue weighted by atomic mass is 32.2. The summed E-state index contributed by atoms with van der Waals surface area (Å²) in [5.74, 6) is -2.09. The maximum Gasteiger partial charge on any atom is 0.337 e. The topological polar surface area (TPSA) is 119 Å². The van der Waals surface area contributed by atoms with E-state index in [4.69, 9.17) is 0 Å². The van der Waals surface area contributed by atoms with Gasteiger partial charge in [-0.15, -0.1) is 0 Å². The molecular weight excluding hydrogens is 436 g/mol. The average molecular weight is 463 g/mol. The molecule has 0 saturated carbocycles. The summed E-state index contributed by atoms with van der Waals surface area (Å²) in [5, 5.41) is 2.57. The molecule has 2 aromatic rings. The summed E-state index contributed by atoms with van der Waals surface area (Å²) in [5.41, 5.74) is 2.35. The number of carbonyl (C=O) groups is 3. The number of nitrogens with one attached hydrogen (secondary N) is 1. The number of carbonyl (C=O) groups excluding carboxylic acids is 3. The van der Waals surface area contributed by atoms with Crippen molar-refractivity contribution in [2.24, 2.45) is 0 Å². The first-order valence-electron chi connectivity index (χ1n) is 9.58. The number of nitrogens with zero attached hydrogens (tertiary/aromatic N) is 1. The van der Waals surface area contributed by atoms with Crippen LogP contribution >= 0.6 is 0 Å². The summed E-state index contributed by atoms with van der Waals surface area (Å²) in [4.78, 5) is 36.9. The van der Waals surface area contributed by atoms with Gasteiger partial charge in [0.15, 0.2) is 0 Å². The summed E-state index contributed by atoms with van der Waals surface area (Å²) in [6, 6.07) is 7.88. The van der Waals surface area contributed by atoms with Crippen LogP contribution in [0.3, 0.4) is 0 Å². The first kappa shape index (κ1) is 24.9. The monoisotopic (exact) mass is 462 g/mol. The van der Waals surface area contributed by atoms with Crippen LogP contribution in [-0.2, 0) is 24.3 Å². The lowest BCUT2D eigenvalue weighted by Gasteiger charge is -2.28. The fraction of sp³-hybridized carbons (Fsp3) is 0.318. The Labute approximate surface area is 187 Å². The lowest BCUT2D eigenvalue weighted by Crippen LogP contribution is -2.45. The molecule has 2 aromatic carbocycles. The van der Waals surface area contributed by atoms with E-state index in [0.29, 0.717) is 5.69 Å². The summed E-state index contributed by atoms with van der Waals surface area (Å²) >= 11 is 0. The Kier molecular flexibility index (Phi) is 7.63. The molecule has 1 N–H and O–H groups in total. The van der Waals surface area contributed by atoms with Crippen LogP contribution in [0.2, 0.25) is 0 Å². The second-order valence-electron chi connectivity index (χ2n) is 7.27. The largest absolute Gasteiger partial charge is 0.465 e. The number of benzene rings is 2. The molecule has 9 nitrogen and oxygen atoms in total. The van der Waals surface area contributed by atoms with E-state index < -0.39 is 33.9 Å². The minimum atomic E-state index is -3.81. The van der Waals surface area contributed by atoms with E-state index in [9.17, 15) is 22.8 Å². The number of amides is 1. The standard InChI is InChI=1S/C22H26N2O7S/c1-13-7-8-19(9-14(13)2)24(32(6,28)29)15(3)20(25)23-18-11-16(21(26)30-4)10-17(12-18)22(27)31-5/h7-12,15H,1-6H3,(H,23,25)/t15-/m0/s1. The number of methoxy groups -OCH3 is 2. The second-order valence-corrected chi connectivity index (χ2v) is 9.13. The molecule has 0 fully saturated rings. The molecule has 172 valence electrons. The van der Waals surface area contributed by atoms with Gasteiger partial charge in [0.05, 0.1) is 37.3 Å². The maximum atomic E-state index is 13.0. The van der Waals surface area contributed by atoms with Gasteiger partial charge >= 0.3 is 11.9 Å². The zero-order valence-electron chi connectivity index (χ0n) is 18.8. The SMILES string of the molecule is COC(=O)c1cc(NC(=O)[C@H](C)N(c2ccc(C)c(C)c2)S(C)(=O)=O)cc(C(=O)OC)c1. The molecule has 0 aliphatic carbocycles. The third-order valence-corrected chi connectivity index (χ3v) is 6.12. The Bertz CT molecular complexity index is 1120. The molecule has 0 radical (unpaired) electrons. The number of aryl methyl sites for hydroxylation is 2. The minimum Gasteiger partial charge on any atom is -0.465 e. The van der Waals surface area contributed by atoms with Crippen LogP contribution in [-0.4, -0.2) is 52.8 Å². The van der Waals surface area contributed by atoms with Crippen LogP contribution in [0.25, 0.3) is 0 Å². The molecule has 2 rings (SSSR count). The number of esters is 2. The van der Waals surface area contributed by atoms with Crippen LogP contribution in [0, 0.1) is 13.8 Å². The lowest BCUT2D eigenvalue weighted by atomic mass is 10.1. The van der Waals surface area contributed by atoms with Gasteiger partial charge in [0.1, 0.15) is 6.04 Å². The van der Waals surface area contributed by atoms with Crippen LogP contribution in [0.15, 0.2) is 36.4 Å². The summed E-state index contributed by atoms with van der Waals surface area (Å²) < 4.78 is 35.4. The van der Waals surface area contributed by atoms with Crippen LogP contribution < -0.4 is 9.62 Å². The molecule has 0 aromatic heterocycles. The number of anilines is 2. The molecule has 1 amide bonds. The van der Waals surface area contributed by atoms with Gasteiger partial charge in [0, 0.05) is 5.69 Å². The van der Waals surface area contributed by atoms with Crippen LogP contribution in [0.1, 0.15) is 38.8 Å². The Morgan fingerprint density at radius 2 is 1.44 bits per heavy atom. The smallest absolute Gasteiger partial charge is 0.337 e. The number of hydrogen-bond acceptors (Lipinski definition) is 7. The van der Waals surface area contributed by atoms with Gasteiger partial charge in [-0.25, -0.2) is 18.0 Å². The fourth-order valence-corrected chi connectivity index (χ4v) is 4.26. The fourth-order valence-electron chi connectivity index (χ4n) is 3.09. The van der Waals surface area contributed by atoms with E-state index in [1.165, 1.54) is 39.3 Å². The molecule has 10 heteroatoms. The van der Waals surface area contributed by atoms with Crippen molar-refractivity contribution >= 4 is 39.2 Å². The number of ether oxygens (including phenoxy) is 2. The van der Waals surface area contributed by atoms with E-state index >= 15 is 0 Å². The highest BCUT2D eigenvalue weighted by Gasteiger charge is 2.29. The van der Waals surface area contributed by atoms with Crippen molar-refractivity contribution in [3.05, 3.63) is 58.7 Å². The van der Waals surface area contributed by atoms with Gasteiger partial charge in [-0.05, 0) is 62.2 Å². The Morgan fingerprint density at radius 1 is 0.906 bits per heavy atom. The van der Waals surface area contributed by atoms with E-state index in [2.05, 4.69) is 14.8 Å². The van der Waals surface area contributed by atoms with Gasteiger partial charge in [-0.3, -0.25) is 9.10 Å². The number of hydrogen-bond donors (Lipinski definition) is 1. The predicted molar refractivity (Wildman–Crippen MR) is 120 cm³/mol. The first-order valence-corrected chi connectivity index (χ1v) is 11.4. The van der Waals surface area contributed by atoms with E-state index in [1.54, 1.807) is 18.2 Å². The van der Waals surface area contributed by atoms with Crippen LogP contribution in [0.5, 0.6) is 0 Å². The van der Waals surface area contributed by atoms with Gasteiger partial charge in [-0.1, -0.05) is 6.07 Å². The van der Waals surface area contributed by atoms with Gasteiger partial charge in [0.25, 0.3) is 0 Å². The van der Waals surface area contributed by atoms with Crippen molar-refractivity contribution in [3.63, 3.8) is 0 Å². The summed E-state index contributed by atoms with van der Waals surface area (Å²) in [6.07, 6.45) is 1.01. The van der Waals surface area contributed by atoms with E-state index in [1.807, 2.05) is 13.8 Å². The quantitative estimate of drug-likeness (QED) is 0.628. The van der Waals surface area contributed by atoms with Crippen molar-refractivity contribution in [1.82, 2.24) is 0 Å². The van der Waals surface area contributed by atoms with Crippen molar-refractivity contribution in [1.29, 1.82) is 0 Å². The molecule has 32 heavy (non-hydrogen) atoms. The predicted octanol–water partition coefficient (Wildman–Crippen LogP) is 2.67. The van der Waals surface area contributed by atoms with E-state index in [0.717, 1.165) is 21.7 Å². The van der Waals surface area contributed by atoms with Crippen molar-refractivity contribution in [3.8, 4) is 0 Å². The first-order chi connectivity index (χ1) is 14.9.